The van der Waals surface area contributed by atoms with Crippen LogP contribution in [0.2, 0.25) is 0 Å². The van der Waals surface area contributed by atoms with Crippen LogP contribution in [0.25, 0.3) is 12.2 Å². The Hall–Kier alpha value is -1.06. The third kappa shape index (κ3) is 7.83. The molecule has 1 radical (unpaired) electrons. The van der Waals surface area contributed by atoms with E-state index in [1.807, 2.05) is 0 Å². The quantitative estimate of drug-likeness (QED) is 0.450. The molecule has 0 aliphatic carbocycles. The number of quaternary nitrogens is 2. The fraction of sp³-hybridized carbons (Fsp3) is 0.333. The number of nitrogens with zero attached hydrogens (tertiary/aromatic N) is 2. The average Bonchev–Trinajstić information content (AvgIpc) is 2.53. The molecule has 0 atom stereocenters. The van der Waals surface area contributed by atoms with Gasteiger partial charge in [-0.15, -0.1) is 23.3 Å². The van der Waals surface area contributed by atoms with Crippen LogP contribution in [-0.4, -0.2) is 42.3 Å². The Morgan fingerprint density at radius 1 is 0.630 bits per heavy atom. The van der Waals surface area contributed by atoms with Crippen molar-refractivity contribution in [1.29, 1.82) is 0 Å². The average molecular weight is 439 g/mol. The second kappa shape index (κ2) is 10.5. The van der Waals surface area contributed by atoms with Gasteiger partial charge in [0.1, 0.15) is 11.4 Å². The van der Waals surface area contributed by atoms with Crippen LogP contribution in [0.15, 0.2) is 36.4 Å². The van der Waals surface area contributed by atoms with E-state index >= 15 is 0 Å². The van der Waals surface area contributed by atoms with Crippen LogP contribution in [0.4, 0.5) is 11.4 Å². The Kier molecular flexibility index (Phi) is 10.1. The third-order valence-corrected chi connectivity index (χ3v) is 4.42. The maximum Gasteiger partial charge on any atom is 0.129 e. The monoisotopic (exact) mass is 439 g/mol. The Labute approximate surface area is 192 Å². The number of hydrogen-bond acceptors (Lipinski definition) is 0. The van der Waals surface area contributed by atoms with Gasteiger partial charge in [-0.05, 0) is 24.3 Å². The molecular weight excluding hydrogens is 405 g/mol. The van der Waals surface area contributed by atoms with Crippen LogP contribution in [-0.2, 0) is 32.7 Å². The summed E-state index contributed by atoms with van der Waals surface area (Å²) in [4.78, 5) is 0. The standard InChI is InChI=1S/2C12H17N.Y/c2*1-6-11-7-8-12(9-10(11)2)13(3,4)5;/h2*1,6-9H,2-5H3;. The van der Waals surface area contributed by atoms with Crippen LogP contribution in [0.1, 0.15) is 22.3 Å². The Balaban J connectivity index is 0.000000483. The molecule has 0 aromatic heterocycles. The van der Waals surface area contributed by atoms with E-state index in [1.54, 1.807) is 12.2 Å². The van der Waals surface area contributed by atoms with Gasteiger partial charge in [-0.25, -0.2) is 12.2 Å². The molecule has 0 N–H and O–H groups in total. The summed E-state index contributed by atoms with van der Waals surface area (Å²) >= 11 is 0. The maximum absolute atomic E-state index is 5.48. The van der Waals surface area contributed by atoms with Crippen molar-refractivity contribution in [2.75, 3.05) is 42.3 Å². The minimum absolute atomic E-state index is 0. The van der Waals surface area contributed by atoms with Gasteiger partial charge in [0.05, 0.1) is 42.3 Å². The molecule has 0 aliphatic rings. The van der Waals surface area contributed by atoms with Crippen LogP contribution in [0.5, 0.6) is 0 Å². The van der Waals surface area contributed by atoms with Crippen molar-refractivity contribution in [3.05, 3.63) is 71.8 Å². The van der Waals surface area contributed by atoms with E-state index in [2.05, 4.69) is 92.5 Å². The van der Waals surface area contributed by atoms with Crippen molar-refractivity contribution in [3.63, 3.8) is 0 Å². The van der Waals surface area contributed by atoms with Gasteiger partial charge in [0.15, 0.2) is 0 Å². The minimum atomic E-state index is 0. The summed E-state index contributed by atoms with van der Waals surface area (Å²) in [6.07, 6.45) is 3.30. The van der Waals surface area contributed by atoms with E-state index in [1.165, 1.54) is 22.5 Å². The SMILES string of the molecule is [CH-]=Cc1ccc([N+](C)(C)C)cc1C.[CH-]=Cc1ccc([N+](C)(C)C)cc1C.[Y]. The molecule has 0 heterocycles. The summed E-state index contributed by atoms with van der Waals surface area (Å²) in [7, 11) is 12.9. The fourth-order valence-corrected chi connectivity index (χ4v) is 2.53. The van der Waals surface area contributed by atoms with E-state index < -0.39 is 0 Å². The molecule has 0 aliphatic heterocycles. The predicted octanol–water partition coefficient (Wildman–Crippen LogP) is 5.27. The van der Waals surface area contributed by atoms with Gasteiger partial charge in [0.2, 0.25) is 0 Å². The summed E-state index contributed by atoms with van der Waals surface area (Å²) in [5.74, 6) is 0. The molecular formula is C24H34N2Y. The second-order valence-electron chi connectivity index (χ2n) is 8.44. The first kappa shape index (κ1) is 25.9. The van der Waals surface area contributed by atoms with Crippen LogP contribution in [0, 0.1) is 27.0 Å². The summed E-state index contributed by atoms with van der Waals surface area (Å²) in [6.45, 7) is 15.1. The first-order valence-electron chi connectivity index (χ1n) is 8.85. The molecule has 2 nitrogen and oxygen atoms in total. The van der Waals surface area contributed by atoms with Gasteiger partial charge in [0.25, 0.3) is 0 Å². The van der Waals surface area contributed by atoms with Gasteiger partial charge in [0, 0.05) is 32.7 Å². The summed E-state index contributed by atoms with van der Waals surface area (Å²) in [6, 6.07) is 12.7. The molecule has 3 heteroatoms. The first-order chi connectivity index (χ1) is 11.9. The molecule has 0 unspecified atom stereocenters. The predicted molar refractivity (Wildman–Crippen MR) is 119 cm³/mol. The third-order valence-electron chi connectivity index (χ3n) is 4.42. The summed E-state index contributed by atoms with van der Waals surface area (Å²) in [5, 5.41) is 0. The Bertz CT molecular complexity index is 710. The zero-order valence-electron chi connectivity index (χ0n) is 18.2. The largest absolute Gasteiger partial charge is 0.298 e. The van der Waals surface area contributed by atoms with Gasteiger partial charge in [-0.3, -0.25) is 22.1 Å². The van der Waals surface area contributed by atoms with E-state index in [4.69, 9.17) is 13.2 Å². The van der Waals surface area contributed by atoms with Crippen molar-refractivity contribution in [1.82, 2.24) is 8.97 Å². The summed E-state index contributed by atoms with van der Waals surface area (Å²) < 4.78 is 1.68. The van der Waals surface area contributed by atoms with Crippen molar-refractivity contribution in [2.24, 2.45) is 0 Å². The number of hydrogen-bond donors (Lipinski definition) is 0. The first-order valence-corrected chi connectivity index (χ1v) is 8.85. The molecule has 0 fully saturated rings. The van der Waals surface area contributed by atoms with Crippen LogP contribution < -0.4 is 8.97 Å². The van der Waals surface area contributed by atoms with Gasteiger partial charge < -0.3 is 0 Å². The minimum Gasteiger partial charge on any atom is -0.298 e. The molecule has 0 saturated carbocycles. The Morgan fingerprint density at radius 2 is 0.926 bits per heavy atom. The van der Waals surface area contributed by atoms with Crippen LogP contribution >= 0.6 is 0 Å². The number of rotatable bonds is 4. The van der Waals surface area contributed by atoms with Gasteiger partial charge in [-0.1, -0.05) is 13.8 Å². The van der Waals surface area contributed by atoms with E-state index in [0.29, 0.717) is 0 Å². The molecule has 0 bridgehead atoms. The topological polar surface area (TPSA) is 0 Å². The molecule has 2 aromatic carbocycles. The summed E-state index contributed by atoms with van der Waals surface area (Å²) in [5.41, 5.74) is 7.27. The smallest absolute Gasteiger partial charge is 0.129 e. The second-order valence-corrected chi connectivity index (χ2v) is 8.44. The molecule has 2 rings (SSSR count). The fourth-order valence-electron chi connectivity index (χ4n) is 2.53. The van der Waals surface area contributed by atoms with E-state index in [0.717, 1.165) is 20.1 Å². The van der Waals surface area contributed by atoms with Crippen molar-refractivity contribution >= 4 is 23.5 Å². The van der Waals surface area contributed by atoms with Gasteiger partial charge >= 0.3 is 0 Å². The molecule has 0 spiro atoms. The molecule has 143 valence electrons. The molecule has 0 amide bonds. The van der Waals surface area contributed by atoms with Crippen LogP contribution in [0.3, 0.4) is 0 Å². The van der Waals surface area contributed by atoms with Crippen molar-refractivity contribution in [2.45, 2.75) is 13.8 Å². The van der Waals surface area contributed by atoms with Gasteiger partial charge in [-0.2, -0.15) is 11.1 Å². The number of benzene rings is 2. The molecule has 27 heavy (non-hydrogen) atoms. The molecule has 2 aromatic rings. The zero-order chi connectivity index (χ0) is 20.1. The number of aryl methyl sites for hydroxylation is 2. The van der Waals surface area contributed by atoms with Crippen molar-refractivity contribution in [3.8, 4) is 0 Å². The van der Waals surface area contributed by atoms with E-state index in [9.17, 15) is 0 Å². The normalized spacial score (nSPS) is 11.0. The Morgan fingerprint density at radius 3 is 1.11 bits per heavy atom. The maximum atomic E-state index is 5.48. The molecule has 0 saturated heterocycles. The van der Waals surface area contributed by atoms with Crippen molar-refractivity contribution < 1.29 is 32.7 Å². The zero-order valence-corrected chi connectivity index (χ0v) is 21.1. The van der Waals surface area contributed by atoms with E-state index in [-0.39, 0.29) is 32.7 Å².